The lowest BCUT2D eigenvalue weighted by Gasteiger charge is -2.27. The van der Waals surface area contributed by atoms with Crippen molar-refractivity contribution in [3.8, 4) is 0 Å². The SMILES string of the molecule is O=c1ccccn1C1CCCC(O)C1. The van der Waals surface area contributed by atoms with E-state index in [1.54, 1.807) is 16.7 Å². The number of aliphatic hydroxyl groups excluding tert-OH is 1. The fraction of sp³-hybridized carbons (Fsp3) is 0.545. The third-order valence-electron chi connectivity index (χ3n) is 2.86. The maximum Gasteiger partial charge on any atom is 0.250 e. The second kappa shape index (κ2) is 3.96. The van der Waals surface area contributed by atoms with E-state index in [0.717, 1.165) is 19.3 Å². The minimum atomic E-state index is -0.235. The third-order valence-corrected chi connectivity index (χ3v) is 2.86. The van der Waals surface area contributed by atoms with Crippen LogP contribution in [-0.2, 0) is 0 Å². The van der Waals surface area contributed by atoms with Crippen LogP contribution in [0.5, 0.6) is 0 Å². The second-order valence-corrected chi connectivity index (χ2v) is 3.92. The molecule has 1 aliphatic rings. The zero-order valence-corrected chi connectivity index (χ0v) is 8.10. The molecule has 14 heavy (non-hydrogen) atoms. The smallest absolute Gasteiger partial charge is 0.250 e. The van der Waals surface area contributed by atoms with Gasteiger partial charge in [-0.05, 0) is 31.7 Å². The van der Waals surface area contributed by atoms with Crippen LogP contribution in [0.2, 0.25) is 0 Å². The Bertz CT molecular complexity index is 358. The molecule has 0 radical (unpaired) electrons. The standard InChI is InChI=1S/C11H15NO2/c13-10-5-3-4-9(8-10)12-7-2-1-6-11(12)14/h1-2,6-7,9-10,13H,3-5,8H2. The van der Waals surface area contributed by atoms with Gasteiger partial charge in [0.1, 0.15) is 0 Å². The predicted molar refractivity (Wildman–Crippen MR) is 54.2 cm³/mol. The molecule has 1 aromatic heterocycles. The van der Waals surface area contributed by atoms with E-state index in [2.05, 4.69) is 0 Å². The van der Waals surface area contributed by atoms with Crippen molar-refractivity contribution in [2.45, 2.75) is 37.8 Å². The molecule has 0 bridgehead atoms. The Morgan fingerprint density at radius 3 is 2.93 bits per heavy atom. The maximum atomic E-state index is 11.5. The van der Waals surface area contributed by atoms with Crippen molar-refractivity contribution < 1.29 is 5.11 Å². The predicted octanol–water partition coefficient (Wildman–Crippen LogP) is 1.32. The summed E-state index contributed by atoms with van der Waals surface area (Å²) in [7, 11) is 0. The summed E-state index contributed by atoms with van der Waals surface area (Å²) < 4.78 is 1.74. The molecule has 0 aromatic carbocycles. The summed E-state index contributed by atoms with van der Waals surface area (Å²) in [6.45, 7) is 0. The van der Waals surface area contributed by atoms with Crippen LogP contribution in [0.25, 0.3) is 0 Å². The van der Waals surface area contributed by atoms with Gasteiger partial charge in [-0.1, -0.05) is 6.07 Å². The van der Waals surface area contributed by atoms with E-state index in [1.807, 2.05) is 12.3 Å². The van der Waals surface area contributed by atoms with Gasteiger partial charge in [0.2, 0.25) is 0 Å². The van der Waals surface area contributed by atoms with E-state index >= 15 is 0 Å². The first-order valence-corrected chi connectivity index (χ1v) is 5.12. The highest BCUT2D eigenvalue weighted by molar-refractivity contribution is 4.96. The van der Waals surface area contributed by atoms with Crippen molar-refractivity contribution in [3.05, 3.63) is 34.7 Å². The molecular weight excluding hydrogens is 178 g/mol. The number of rotatable bonds is 1. The maximum absolute atomic E-state index is 11.5. The zero-order chi connectivity index (χ0) is 9.97. The number of hydrogen-bond donors (Lipinski definition) is 1. The lowest BCUT2D eigenvalue weighted by molar-refractivity contribution is 0.103. The van der Waals surface area contributed by atoms with Crippen LogP contribution in [-0.4, -0.2) is 15.8 Å². The molecule has 0 amide bonds. The summed E-state index contributed by atoms with van der Waals surface area (Å²) >= 11 is 0. The molecule has 1 aromatic rings. The van der Waals surface area contributed by atoms with Gasteiger partial charge in [0, 0.05) is 18.3 Å². The van der Waals surface area contributed by atoms with Crippen molar-refractivity contribution in [3.63, 3.8) is 0 Å². The summed E-state index contributed by atoms with van der Waals surface area (Å²) in [4.78, 5) is 11.5. The number of nitrogens with zero attached hydrogens (tertiary/aromatic N) is 1. The van der Waals surface area contributed by atoms with Crippen LogP contribution < -0.4 is 5.56 Å². The third kappa shape index (κ3) is 1.87. The van der Waals surface area contributed by atoms with Gasteiger partial charge in [0.05, 0.1) is 6.10 Å². The average molecular weight is 193 g/mol. The molecule has 1 fully saturated rings. The molecule has 0 aliphatic heterocycles. The zero-order valence-electron chi connectivity index (χ0n) is 8.10. The Morgan fingerprint density at radius 2 is 2.21 bits per heavy atom. The number of hydrogen-bond acceptors (Lipinski definition) is 2. The van der Waals surface area contributed by atoms with Gasteiger partial charge in [0.15, 0.2) is 0 Å². The Hall–Kier alpha value is -1.09. The highest BCUT2D eigenvalue weighted by atomic mass is 16.3. The Morgan fingerprint density at radius 1 is 1.36 bits per heavy atom. The van der Waals surface area contributed by atoms with Gasteiger partial charge < -0.3 is 9.67 Å². The summed E-state index contributed by atoms with van der Waals surface area (Å²) in [5.74, 6) is 0. The first kappa shape index (κ1) is 9.46. The van der Waals surface area contributed by atoms with E-state index in [9.17, 15) is 9.90 Å². The molecule has 76 valence electrons. The van der Waals surface area contributed by atoms with Gasteiger partial charge in [-0.25, -0.2) is 0 Å². The number of aromatic nitrogens is 1. The van der Waals surface area contributed by atoms with Crippen molar-refractivity contribution in [2.75, 3.05) is 0 Å². The minimum absolute atomic E-state index is 0.0339. The van der Waals surface area contributed by atoms with E-state index in [4.69, 9.17) is 0 Å². The monoisotopic (exact) mass is 193 g/mol. The lowest BCUT2D eigenvalue weighted by Crippen LogP contribution is -2.29. The summed E-state index contributed by atoms with van der Waals surface area (Å²) in [6, 6.07) is 5.37. The Kier molecular flexibility index (Phi) is 2.68. The second-order valence-electron chi connectivity index (χ2n) is 3.92. The van der Waals surface area contributed by atoms with Gasteiger partial charge >= 0.3 is 0 Å². The first-order chi connectivity index (χ1) is 6.77. The van der Waals surface area contributed by atoms with Crippen LogP contribution >= 0.6 is 0 Å². The van der Waals surface area contributed by atoms with Crippen molar-refractivity contribution in [1.82, 2.24) is 4.57 Å². The molecule has 2 atom stereocenters. The molecule has 0 spiro atoms. The quantitative estimate of drug-likeness (QED) is 0.731. The van der Waals surface area contributed by atoms with Crippen LogP contribution in [0.4, 0.5) is 0 Å². The van der Waals surface area contributed by atoms with Crippen LogP contribution in [0.15, 0.2) is 29.2 Å². The lowest BCUT2D eigenvalue weighted by atomic mass is 9.93. The first-order valence-electron chi connectivity index (χ1n) is 5.12. The largest absolute Gasteiger partial charge is 0.393 e. The molecule has 1 aliphatic carbocycles. The topological polar surface area (TPSA) is 42.2 Å². The molecule has 3 nitrogen and oxygen atoms in total. The highest BCUT2D eigenvalue weighted by Gasteiger charge is 2.21. The summed E-state index contributed by atoms with van der Waals surface area (Å²) in [5.41, 5.74) is 0.0339. The minimum Gasteiger partial charge on any atom is -0.393 e. The van der Waals surface area contributed by atoms with Crippen LogP contribution in [0.1, 0.15) is 31.7 Å². The van der Waals surface area contributed by atoms with Crippen LogP contribution in [0, 0.1) is 0 Å². The Labute approximate surface area is 83.0 Å². The van der Waals surface area contributed by atoms with E-state index in [1.165, 1.54) is 0 Å². The Balaban J connectivity index is 2.22. The molecule has 1 saturated carbocycles. The fourth-order valence-electron chi connectivity index (χ4n) is 2.13. The van der Waals surface area contributed by atoms with Crippen LogP contribution in [0.3, 0.4) is 0 Å². The normalized spacial score (nSPS) is 27.5. The van der Waals surface area contributed by atoms with Gasteiger partial charge in [-0.15, -0.1) is 0 Å². The number of pyridine rings is 1. The fourth-order valence-corrected chi connectivity index (χ4v) is 2.13. The molecule has 1 N–H and O–H groups in total. The van der Waals surface area contributed by atoms with Gasteiger partial charge in [0.25, 0.3) is 5.56 Å². The molecule has 0 saturated heterocycles. The summed E-state index contributed by atoms with van der Waals surface area (Å²) in [5, 5.41) is 9.52. The van der Waals surface area contributed by atoms with E-state index in [-0.39, 0.29) is 17.7 Å². The van der Waals surface area contributed by atoms with E-state index < -0.39 is 0 Å². The summed E-state index contributed by atoms with van der Waals surface area (Å²) in [6.07, 6.45) is 5.17. The molecular formula is C11H15NO2. The van der Waals surface area contributed by atoms with Crippen molar-refractivity contribution >= 4 is 0 Å². The van der Waals surface area contributed by atoms with Crippen molar-refractivity contribution in [1.29, 1.82) is 0 Å². The number of aliphatic hydroxyl groups is 1. The van der Waals surface area contributed by atoms with E-state index in [0.29, 0.717) is 6.42 Å². The molecule has 3 heteroatoms. The highest BCUT2D eigenvalue weighted by Crippen LogP contribution is 2.26. The molecule has 2 rings (SSSR count). The van der Waals surface area contributed by atoms with Gasteiger partial charge in [-0.3, -0.25) is 4.79 Å². The average Bonchev–Trinajstić information content (AvgIpc) is 2.18. The van der Waals surface area contributed by atoms with Gasteiger partial charge in [-0.2, -0.15) is 0 Å². The molecule has 1 heterocycles. The van der Waals surface area contributed by atoms with Crippen molar-refractivity contribution in [2.24, 2.45) is 0 Å². The molecule has 2 unspecified atom stereocenters.